The first-order valence-electron chi connectivity index (χ1n) is 20.8. The van der Waals surface area contributed by atoms with Crippen LogP contribution in [-0.4, -0.2) is 81.5 Å². The van der Waals surface area contributed by atoms with Crippen LogP contribution in [0.1, 0.15) is 62.8 Å². The third kappa shape index (κ3) is 14.7. The van der Waals surface area contributed by atoms with Crippen molar-refractivity contribution < 1.29 is 53.3 Å². The molecule has 20 nitrogen and oxygen atoms in total. The molecule has 3 radical (unpaired) electrons. The first-order valence-corrected chi connectivity index (χ1v) is 26.1. The summed E-state index contributed by atoms with van der Waals surface area (Å²) in [4.78, 5) is 47.6. The fourth-order valence-corrected chi connectivity index (χ4v) is 11.2. The molecular formula is C42H37BBrCl4F4N8O12S2. The summed E-state index contributed by atoms with van der Waals surface area (Å²) in [5.41, 5.74) is -6.74. The maximum absolute atomic E-state index is 13.1. The molecule has 32 heteroatoms. The molecule has 0 bridgehead atoms. The van der Waals surface area contributed by atoms with E-state index < -0.39 is 66.8 Å². The van der Waals surface area contributed by atoms with Gasteiger partial charge in [0.05, 0.1) is 40.0 Å². The number of sulfonamides is 2. The lowest BCUT2D eigenvalue weighted by atomic mass is 9.94. The van der Waals surface area contributed by atoms with Crippen molar-refractivity contribution in [3.63, 3.8) is 0 Å². The van der Waals surface area contributed by atoms with Gasteiger partial charge in [-0.15, -0.1) is 0 Å². The van der Waals surface area contributed by atoms with Crippen LogP contribution < -0.4 is 50.9 Å². The lowest BCUT2D eigenvalue weighted by Crippen LogP contribution is -2.39. The number of alkyl halides is 4. The Balaban J connectivity index is 0.000000232. The second-order valence-electron chi connectivity index (χ2n) is 15.3. The van der Waals surface area contributed by atoms with Crippen LogP contribution in [0.3, 0.4) is 0 Å². The summed E-state index contributed by atoms with van der Waals surface area (Å²) in [5, 5.41) is 8.23. The summed E-state index contributed by atoms with van der Waals surface area (Å²) < 4.78 is 129. The number of methoxy groups -OCH3 is 2. The minimum absolute atomic E-state index is 0. The Morgan fingerprint density at radius 1 is 0.662 bits per heavy atom. The number of ether oxygens (including phenoxy) is 4. The Bertz CT molecular complexity index is 3460. The minimum atomic E-state index is -3.92. The molecule has 2 heterocycles. The molecule has 8 rings (SSSR count). The van der Waals surface area contributed by atoms with Crippen molar-refractivity contribution in [1.29, 1.82) is 0 Å². The summed E-state index contributed by atoms with van der Waals surface area (Å²) >= 11 is 28.2. The topological polar surface area (TPSA) is 276 Å². The van der Waals surface area contributed by atoms with Gasteiger partial charge in [0.2, 0.25) is 20.0 Å². The Morgan fingerprint density at radius 2 is 1.08 bits per heavy atom. The number of benzene rings is 4. The lowest BCUT2D eigenvalue weighted by molar-refractivity contribution is 0.141. The fourth-order valence-electron chi connectivity index (χ4n) is 6.34. The van der Waals surface area contributed by atoms with Gasteiger partial charge in [-0.25, -0.2) is 58.5 Å². The third-order valence-corrected chi connectivity index (χ3v) is 15.0. The standard InChI is InChI=1S/C21H18Cl2F2N4O6S.C17H16BrCl2NO4S.C4H3F2N3O2.B/c1-34-15-6-5-12(9-16(15)36(32,33)28-10-3-2-4-10)35-18-13(22)7-11(8-14(18)23)29-21(31)26-20(30)17(27-29)19(24)25;1-24-15-6-5-12(25-17-13(19)7-10(18)8-14(17)20)9-16(15)26(22,23)21-11-3-2-4-11;5-2(6)1-3(10)7-4(11)9-8-1;/h5-10,19,28H,2-4H2,1H3,(H,26,30,31);5-9,11,21H,2-4H2,1H3;2H,(H2,7,9,10,11);. The van der Waals surface area contributed by atoms with Gasteiger partial charge in [0.15, 0.2) is 22.9 Å². The lowest BCUT2D eigenvalue weighted by Gasteiger charge is -2.26. The van der Waals surface area contributed by atoms with E-state index in [1.54, 1.807) is 33.3 Å². The highest BCUT2D eigenvalue weighted by molar-refractivity contribution is 9.10. The normalized spacial score (nSPS) is 13.6. The number of aromatic amines is 3. The average molecular weight is 1220 g/mol. The summed E-state index contributed by atoms with van der Waals surface area (Å²) in [6.45, 7) is 0. The van der Waals surface area contributed by atoms with Crippen LogP contribution in [0.5, 0.6) is 34.5 Å². The van der Waals surface area contributed by atoms with Crippen molar-refractivity contribution in [2.45, 2.75) is 73.3 Å². The second kappa shape index (κ2) is 25.4. The number of aromatic nitrogens is 6. The molecule has 74 heavy (non-hydrogen) atoms. The molecule has 6 aromatic rings. The highest BCUT2D eigenvalue weighted by atomic mass is 79.9. The molecular weight excluding hydrogens is 1180 g/mol. The predicted molar refractivity (Wildman–Crippen MR) is 268 cm³/mol. The highest BCUT2D eigenvalue weighted by Crippen LogP contribution is 2.42. The maximum atomic E-state index is 13.1. The van der Waals surface area contributed by atoms with Crippen LogP contribution in [0, 0.1) is 0 Å². The summed E-state index contributed by atoms with van der Waals surface area (Å²) in [7, 11) is -4.90. The van der Waals surface area contributed by atoms with Crippen molar-refractivity contribution >= 4 is 90.8 Å². The fraction of sp³-hybridized carbons (Fsp3) is 0.286. The first-order chi connectivity index (χ1) is 34.4. The van der Waals surface area contributed by atoms with Gasteiger partial charge in [-0.3, -0.25) is 19.6 Å². The van der Waals surface area contributed by atoms with Crippen LogP contribution in [-0.2, 0) is 20.0 Å². The molecule has 0 aliphatic heterocycles. The van der Waals surface area contributed by atoms with E-state index >= 15 is 0 Å². The number of hydrogen-bond donors (Lipinski definition) is 5. The van der Waals surface area contributed by atoms with Crippen molar-refractivity contribution in [3.05, 3.63) is 138 Å². The zero-order chi connectivity index (χ0) is 53.5. The van der Waals surface area contributed by atoms with Crippen molar-refractivity contribution in [1.82, 2.24) is 39.4 Å². The average Bonchev–Trinajstić information content (AvgIpc) is 3.28. The van der Waals surface area contributed by atoms with Gasteiger partial charge in [-0.05, 0) is 74.2 Å². The predicted octanol–water partition coefficient (Wildman–Crippen LogP) is 8.20. The van der Waals surface area contributed by atoms with Crippen molar-refractivity contribution in [2.75, 3.05) is 14.2 Å². The molecule has 0 amide bonds. The molecule has 2 aromatic heterocycles. The van der Waals surface area contributed by atoms with Gasteiger partial charge in [0, 0.05) is 37.1 Å². The van der Waals surface area contributed by atoms with Gasteiger partial charge in [0.25, 0.3) is 24.0 Å². The van der Waals surface area contributed by atoms with Crippen LogP contribution >= 0.6 is 62.3 Å². The molecule has 2 aliphatic carbocycles. The van der Waals surface area contributed by atoms with Gasteiger partial charge in [-0.2, -0.15) is 14.9 Å². The van der Waals surface area contributed by atoms with E-state index in [1.807, 2.05) is 0 Å². The van der Waals surface area contributed by atoms with E-state index in [2.05, 4.69) is 35.6 Å². The van der Waals surface area contributed by atoms with E-state index in [0.717, 1.165) is 50.7 Å². The van der Waals surface area contributed by atoms with Gasteiger partial charge in [0.1, 0.15) is 32.8 Å². The largest absolute Gasteiger partial charge is 0.495 e. The van der Waals surface area contributed by atoms with E-state index in [1.165, 1.54) is 44.6 Å². The number of nitrogens with zero attached hydrogens (tertiary/aromatic N) is 3. The molecule has 0 saturated heterocycles. The Hall–Kier alpha value is -5.46. The number of rotatable bonds is 15. The zero-order valence-electron chi connectivity index (χ0n) is 37.9. The van der Waals surface area contributed by atoms with Crippen LogP contribution in [0.2, 0.25) is 20.1 Å². The highest BCUT2D eigenvalue weighted by Gasteiger charge is 2.30. The summed E-state index contributed by atoms with van der Waals surface area (Å²) in [6.07, 6.45) is -1.10. The summed E-state index contributed by atoms with van der Waals surface area (Å²) in [6, 6.07) is 14.0. The second-order valence-corrected chi connectivity index (χ2v) is 21.2. The minimum Gasteiger partial charge on any atom is -0.495 e. The summed E-state index contributed by atoms with van der Waals surface area (Å²) in [5.74, 6) is 0.815. The Kier molecular flexibility index (Phi) is 20.4. The molecule has 2 aliphatic rings. The van der Waals surface area contributed by atoms with E-state index in [0.29, 0.717) is 19.2 Å². The maximum Gasteiger partial charge on any atom is 0.349 e. The van der Waals surface area contributed by atoms with E-state index in [-0.39, 0.29) is 80.5 Å². The molecule has 5 N–H and O–H groups in total. The third-order valence-electron chi connectivity index (χ3n) is 10.3. The molecule has 0 atom stereocenters. The number of halogens is 9. The monoisotopic (exact) mass is 1210 g/mol. The van der Waals surface area contributed by atoms with Crippen LogP contribution in [0.15, 0.2) is 94.1 Å². The van der Waals surface area contributed by atoms with Gasteiger partial charge >= 0.3 is 11.4 Å². The van der Waals surface area contributed by atoms with E-state index in [9.17, 15) is 53.6 Å². The quantitative estimate of drug-likeness (QED) is 0.0479. The Morgan fingerprint density at radius 3 is 1.46 bits per heavy atom. The molecule has 0 unspecified atom stereocenters. The zero-order valence-corrected chi connectivity index (χ0v) is 44.1. The van der Waals surface area contributed by atoms with Crippen molar-refractivity contribution in [2.24, 2.45) is 0 Å². The van der Waals surface area contributed by atoms with Gasteiger partial charge in [-0.1, -0.05) is 75.2 Å². The molecule has 395 valence electrons. The number of nitrogens with one attached hydrogen (secondary N) is 5. The van der Waals surface area contributed by atoms with Gasteiger partial charge < -0.3 is 18.9 Å². The number of H-pyrrole nitrogens is 3. The molecule has 0 spiro atoms. The molecule has 2 saturated carbocycles. The SMILES string of the molecule is COc1ccc(Oc2c(Cl)cc(-n3nc(C(F)F)c(=O)[nH]c3=O)cc2Cl)cc1S(=O)(=O)NC1CCC1.COc1ccc(Oc2c(Cl)cc(Br)cc2Cl)cc1S(=O)(=O)NC1CCC1.O=c1[nH]nc(C(F)F)c(=O)[nH]1.[B]. The van der Waals surface area contributed by atoms with E-state index in [4.69, 9.17) is 65.4 Å². The first kappa shape index (κ1) is 59.4. The van der Waals surface area contributed by atoms with Crippen LogP contribution in [0.25, 0.3) is 5.69 Å². The smallest absolute Gasteiger partial charge is 0.349 e. The number of hydrogen-bond acceptors (Lipinski definition) is 14. The molecule has 4 aromatic carbocycles. The molecule has 2 fully saturated rings. The Labute approximate surface area is 446 Å². The van der Waals surface area contributed by atoms with Crippen LogP contribution in [0.4, 0.5) is 17.6 Å². The van der Waals surface area contributed by atoms with Crippen molar-refractivity contribution in [3.8, 4) is 40.2 Å².